The van der Waals surface area contributed by atoms with Gasteiger partial charge in [-0.1, -0.05) is 6.07 Å². The lowest BCUT2D eigenvalue weighted by atomic mass is 10.1. The van der Waals surface area contributed by atoms with Gasteiger partial charge in [-0.15, -0.1) is 0 Å². The highest BCUT2D eigenvalue weighted by atomic mass is 19.1. The minimum Gasteiger partial charge on any atom is -0.494 e. The first-order valence-electron chi connectivity index (χ1n) is 10.2. The number of nitrogens with zero attached hydrogens (tertiary/aromatic N) is 5. The number of aromatic amines is 1. The summed E-state index contributed by atoms with van der Waals surface area (Å²) in [5.74, 6) is -0.231. The third-order valence-corrected chi connectivity index (χ3v) is 5.56. The summed E-state index contributed by atoms with van der Waals surface area (Å²) in [4.78, 5) is 19.5. The Kier molecular flexibility index (Phi) is 5.14. The van der Waals surface area contributed by atoms with Gasteiger partial charge in [0.05, 0.1) is 28.7 Å². The number of fused-ring (bicyclic) bond motifs is 1. The second-order valence-electron chi connectivity index (χ2n) is 7.48. The van der Waals surface area contributed by atoms with Gasteiger partial charge >= 0.3 is 0 Å². The number of aromatic nitrogens is 3. The van der Waals surface area contributed by atoms with E-state index in [9.17, 15) is 13.9 Å². The smallest absolute Gasteiger partial charge is 0.198 e. The molecule has 0 saturated carbocycles. The van der Waals surface area contributed by atoms with Crippen molar-refractivity contribution < 1.29 is 13.9 Å². The molecule has 32 heavy (non-hydrogen) atoms. The lowest BCUT2D eigenvalue weighted by Gasteiger charge is -2.36. The van der Waals surface area contributed by atoms with Crippen LogP contribution in [-0.4, -0.2) is 52.5 Å². The molecule has 1 aliphatic heterocycles. The number of hydrogen-bond donors (Lipinski definition) is 2. The standard InChI is InChI=1S/C23H20F2N6O/c24-17-2-1-3-19-22(17)16(23(32)29-19)13-28-15-4-5-20(18(25)12-15)30-8-10-31(11-9-30)21-14-26-6-7-27-21/h1-7,12-14,29,32H,8-11H2. The molecule has 1 fully saturated rings. The van der Waals surface area contributed by atoms with E-state index in [0.717, 1.165) is 5.82 Å². The molecule has 2 aromatic heterocycles. The lowest BCUT2D eigenvalue weighted by molar-refractivity contribution is 0.457. The topological polar surface area (TPSA) is 80.6 Å². The van der Waals surface area contributed by atoms with Gasteiger partial charge in [-0.25, -0.2) is 13.8 Å². The van der Waals surface area contributed by atoms with Gasteiger partial charge in [-0.05, 0) is 24.3 Å². The van der Waals surface area contributed by atoms with Crippen LogP contribution in [0.25, 0.3) is 10.9 Å². The Hall–Kier alpha value is -4.01. The molecule has 1 saturated heterocycles. The molecule has 2 aromatic carbocycles. The number of H-pyrrole nitrogens is 1. The van der Waals surface area contributed by atoms with Crippen molar-refractivity contribution in [1.82, 2.24) is 15.0 Å². The second kappa shape index (κ2) is 8.26. The highest BCUT2D eigenvalue weighted by Crippen LogP contribution is 2.30. The van der Waals surface area contributed by atoms with E-state index < -0.39 is 5.82 Å². The van der Waals surface area contributed by atoms with Gasteiger partial charge in [0, 0.05) is 56.2 Å². The number of hydrogen-bond acceptors (Lipinski definition) is 6. The molecule has 0 amide bonds. The lowest BCUT2D eigenvalue weighted by Crippen LogP contribution is -2.47. The van der Waals surface area contributed by atoms with Gasteiger partial charge in [0.15, 0.2) is 5.88 Å². The Balaban J connectivity index is 1.32. The van der Waals surface area contributed by atoms with Crippen LogP contribution in [0.3, 0.4) is 0 Å². The van der Waals surface area contributed by atoms with E-state index in [2.05, 4.69) is 24.8 Å². The SMILES string of the molecule is Oc1[nH]c2cccc(F)c2c1C=Nc1ccc(N2CCN(c3cnccn3)CC2)c(F)c1. The second-order valence-corrected chi connectivity index (χ2v) is 7.48. The molecular formula is C23H20F2N6O. The van der Waals surface area contributed by atoms with E-state index in [1.165, 1.54) is 18.3 Å². The highest BCUT2D eigenvalue weighted by Gasteiger charge is 2.20. The molecule has 2 N–H and O–H groups in total. The molecule has 0 bridgehead atoms. The van der Waals surface area contributed by atoms with E-state index in [0.29, 0.717) is 43.1 Å². The van der Waals surface area contributed by atoms with Crippen LogP contribution in [0.15, 0.2) is 60.0 Å². The van der Waals surface area contributed by atoms with E-state index >= 15 is 0 Å². The molecule has 0 aliphatic carbocycles. The van der Waals surface area contributed by atoms with E-state index in [1.807, 2.05) is 4.90 Å². The Morgan fingerprint density at radius 1 is 1.00 bits per heavy atom. The predicted molar refractivity (Wildman–Crippen MR) is 120 cm³/mol. The number of aromatic hydroxyl groups is 1. The molecule has 5 rings (SSSR count). The summed E-state index contributed by atoms with van der Waals surface area (Å²) in [6.45, 7) is 2.73. The van der Waals surface area contributed by atoms with Gasteiger partial charge in [-0.3, -0.25) is 9.98 Å². The van der Waals surface area contributed by atoms with Crippen molar-refractivity contribution in [3.8, 4) is 5.88 Å². The average molecular weight is 434 g/mol. The fourth-order valence-electron chi connectivity index (χ4n) is 3.94. The molecule has 0 atom stereocenters. The van der Waals surface area contributed by atoms with E-state index in [1.54, 1.807) is 42.9 Å². The van der Waals surface area contributed by atoms with Crippen molar-refractivity contribution in [3.63, 3.8) is 0 Å². The normalized spacial score (nSPS) is 14.6. The fourth-order valence-corrected chi connectivity index (χ4v) is 3.94. The Morgan fingerprint density at radius 2 is 1.81 bits per heavy atom. The summed E-state index contributed by atoms with van der Waals surface area (Å²) in [5.41, 5.74) is 1.56. The molecule has 0 unspecified atom stereocenters. The fraction of sp³-hybridized carbons (Fsp3) is 0.174. The van der Waals surface area contributed by atoms with Crippen molar-refractivity contribution in [2.24, 2.45) is 4.99 Å². The maximum absolute atomic E-state index is 14.8. The number of rotatable bonds is 4. The average Bonchev–Trinajstić information content (AvgIpc) is 3.15. The van der Waals surface area contributed by atoms with Crippen molar-refractivity contribution in [3.05, 3.63) is 72.2 Å². The van der Waals surface area contributed by atoms with Gasteiger partial charge < -0.3 is 19.9 Å². The van der Waals surface area contributed by atoms with Crippen LogP contribution >= 0.6 is 0 Å². The zero-order valence-electron chi connectivity index (χ0n) is 17.0. The monoisotopic (exact) mass is 434 g/mol. The number of halogens is 2. The van der Waals surface area contributed by atoms with Crippen molar-refractivity contribution in [1.29, 1.82) is 0 Å². The minimum absolute atomic E-state index is 0.188. The number of benzene rings is 2. The zero-order chi connectivity index (χ0) is 22.1. The molecule has 0 radical (unpaired) electrons. The molecular weight excluding hydrogens is 414 g/mol. The molecule has 4 aromatic rings. The predicted octanol–water partition coefficient (Wildman–Crippen LogP) is 4.02. The van der Waals surface area contributed by atoms with Crippen molar-refractivity contribution in [2.45, 2.75) is 0 Å². The maximum atomic E-state index is 14.8. The minimum atomic E-state index is -0.470. The zero-order valence-corrected chi connectivity index (χ0v) is 17.0. The van der Waals surface area contributed by atoms with Gasteiger partial charge in [0.25, 0.3) is 0 Å². The van der Waals surface area contributed by atoms with Crippen LogP contribution in [0, 0.1) is 11.6 Å². The summed E-state index contributed by atoms with van der Waals surface area (Å²) < 4.78 is 29.0. The number of aliphatic imine (C=N–C) groups is 1. The third-order valence-electron chi connectivity index (χ3n) is 5.56. The van der Waals surface area contributed by atoms with Crippen LogP contribution in [0.5, 0.6) is 5.88 Å². The molecule has 3 heterocycles. The van der Waals surface area contributed by atoms with Crippen LogP contribution in [0.4, 0.5) is 26.0 Å². The first-order valence-corrected chi connectivity index (χ1v) is 10.2. The molecule has 162 valence electrons. The number of piperazine rings is 1. The first-order chi connectivity index (χ1) is 15.6. The van der Waals surface area contributed by atoms with E-state index in [4.69, 9.17) is 0 Å². The quantitative estimate of drug-likeness (QED) is 0.474. The summed E-state index contributed by atoms with van der Waals surface area (Å²) in [6.07, 6.45) is 6.35. The van der Waals surface area contributed by atoms with Crippen molar-refractivity contribution >= 4 is 34.3 Å². The van der Waals surface area contributed by atoms with E-state index in [-0.39, 0.29) is 22.6 Å². The van der Waals surface area contributed by atoms with Crippen LogP contribution < -0.4 is 9.80 Å². The van der Waals surface area contributed by atoms with Gasteiger partial charge in [0.1, 0.15) is 17.5 Å². The number of nitrogens with one attached hydrogen (secondary N) is 1. The van der Waals surface area contributed by atoms with Crippen molar-refractivity contribution in [2.75, 3.05) is 36.0 Å². The van der Waals surface area contributed by atoms with Gasteiger partial charge in [0.2, 0.25) is 0 Å². The summed E-state index contributed by atoms with van der Waals surface area (Å²) in [6, 6.07) is 9.25. The van der Waals surface area contributed by atoms with Crippen LogP contribution in [0.2, 0.25) is 0 Å². The number of anilines is 2. The summed E-state index contributed by atoms with van der Waals surface area (Å²) in [7, 11) is 0. The molecule has 0 spiro atoms. The highest BCUT2D eigenvalue weighted by molar-refractivity contribution is 6.02. The largest absolute Gasteiger partial charge is 0.494 e. The Bertz CT molecular complexity index is 1280. The first kappa shape index (κ1) is 19.9. The molecule has 9 heteroatoms. The summed E-state index contributed by atoms with van der Waals surface area (Å²) >= 11 is 0. The maximum Gasteiger partial charge on any atom is 0.198 e. The Labute approximate surface area is 182 Å². The van der Waals surface area contributed by atoms with Gasteiger partial charge in [-0.2, -0.15) is 0 Å². The molecule has 1 aliphatic rings. The third kappa shape index (κ3) is 3.73. The Morgan fingerprint density at radius 3 is 2.56 bits per heavy atom. The summed E-state index contributed by atoms with van der Waals surface area (Å²) in [5, 5.41) is 10.3. The van der Waals surface area contributed by atoms with Crippen LogP contribution in [0.1, 0.15) is 5.56 Å². The van der Waals surface area contributed by atoms with Crippen LogP contribution in [-0.2, 0) is 0 Å². The molecule has 7 nitrogen and oxygen atoms in total.